The van der Waals surface area contributed by atoms with Crippen LogP contribution in [-0.2, 0) is 9.53 Å². The van der Waals surface area contributed by atoms with Gasteiger partial charge in [-0.15, -0.1) is 0 Å². The molecule has 0 aliphatic heterocycles. The van der Waals surface area contributed by atoms with E-state index in [4.69, 9.17) is 4.74 Å². The summed E-state index contributed by atoms with van der Waals surface area (Å²) in [6.07, 6.45) is 11.0. The number of ether oxygens (including phenoxy) is 1. The molecule has 3 rings (SSSR count). The van der Waals surface area contributed by atoms with Crippen molar-refractivity contribution < 1.29 is 26.5 Å². The van der Waals surface area contributed by atoms with Gasteiger partial charge >= 0.3 is 5.97 Å². The molecular formula is C30H38BrO2P. The van der Waals surface area contributed by atoms with Crippen molar-refractivity contribution in [2.24, 2.45) is 0 Å². The number of carbonyl (C=O) groups excluding carboxylic acids is 1. The van der Waals surface area contributed by atoms with Crippen molar-refractivity contribution in [3.05, 3.63) is 91.0 Å². The fraction of sp³-hybridized carbons (Fsp3) is 0.367. The lowest BCUT2D eigenvalue weighted by molar-refractivity contribution is -0.141. The molecule has 34 heavy (non-hydrogen) atoms. The van der Waals surface area contributed by atoms with Crippen molar-refractivity contribution in [3.8, 4) is 0 Å². The van der Waals surface area contributed by atoms with E-state index in [1.807, 2.05) is 0 Å². The normalized spacial score (nSPS) is 11.0. The molecular weight excluding hydrogens is 503 g/mol. The maximum atomic E-state index is 10.8. The van der Waals surface area contributed by atoms with E-state index in [9.17, 15) is 4.79 Å². The number of rotatable bonds is 14. The highest BCUT2D eigenvalue weighted by molar-refractivity contribution is 7.95. The average molecular weight is 542 g/mol. The second-order valence-corrected chi connectivity index (χ2v) is 12.3. The molecule has 0 fully saturated rings. The molecule has 0 saturated heterocycles. The molecule has 0 heterocycles. The minimum absolute atomic E-state index is 0. The molecule has 0 saturated carbocycles. The summed E-state index contributed by atoms with van der Waals surface area (Å²) in [4.78, 5) is 10.8. The summed E-state index contributed by atoms with van der Waals surface area (Å²) in [6, 6.07) is 33.5. The van der Waals surface area contributed by atoms with Crippen LogP contribution >= 0.6 is 7.26 Å². The second-order valence-electron chi connectivity index (χ2n) is 8.71. The first kappa shape index (κ1) is 28.3. The van der Waals surface area contributed by atoms with Crippen LogP contribution in [0.2, 0.25) is 0 Å². The first-order valence-corrected chi connectivity index (χ1v) is 14.4. The Balaban J connectivity index is 0.00000408. The number of benzene rings is 3. The maximum Gasteiger partial charge on any atom is 0.302 e. The van der Waals surface area contributed by atoms with Gasteiger partial charge in [-0.05, 0) is 55.7 Å². The van der Waals surface area contributed by atoms with Gasteiger partial charge < -0.3 is 21.7 Å². The molecule has 0 atom stereocenters. The second kappa shape index (κ2) is 15.8. The van der Waals surface area contributed by atoms with Gasteiger partial charge in [0.2, 0.25) is 0 Å². The Kier molecular flexibility index (Phi) is 13.2. The summed E-state index contributed by atoms with van der Waals surface area (Å²) in [5, 5.41) is 4.44. The summed E-state index contributed by atoms with van der Waals surface area (Å²) < 4.78 is 5.01. The molecule has 0 amide bonds. The van der Waals surface area contributed by atoms with Crippen LogP contribution in [0.15, 0.2) is 91.0 Å². The van der Waals surface area contributed by atoms with Gasteiger partial charge in [-0.2, -0.15) is 0 Å². The van der Waals surface area contributed by atoms with Gasteiger partial charge in [0.25, 0.3) is 0 Å². The minimum Gasteiger partial charge on any atom is -1.00 e. The Hall–Kier alpha value is -1.96. The minimum atomic E-state index is -1.68. The van der Waals surface area contributed by atoms with Crippen LogP contribution in [0.5, 0.6) is 0 Å². The zero-order valence-electron chi connectivity index (χ0n) is 20.4. The molecule has 0 radical (unpaired) electrons. The van der Waals surface area contributed by atoms with Crippen LogP contribution in [0.4, 0.5) is 0 Å². The number of unbranched alkanes of at least 4 members (excludes halogenated alkanes) is 7. The number of hydrogen-bond donors (Lipinski definition) is 0. The molecule has 2 nitrogen and oxygen atoms in total. The van der Waals surface area contributed by atoms with Crippen LogP contribution in [-0.4, -0.2) is 18.7 Å². The topological polar surface area (TPSA) is 26.3 Å². The van der Waals surface area contributed by atoms with E-state index in [1.54, 1.807) is 0 Å². The molecule has 0 aliphatic rings. The molecule has 3 aromatic rings. The third-order valence-corrected chi connectivity index (χ3v) is 10.8. The van der Waals surface area contributed by atoms with Gasteiger partial charge in [-0.3, -0.25) is 4.79 Å². The Morgan fingerprint density at radius 1 is 0.588 bits per heavy atom. The number of carbonyl (C=O) groups is 1. The van der Waals surface area contributed by atoms with E-state index >= 15 is 0 Å². The first-order chi connectivity index (χ1) is 16.2. The highest BCUT2D eigenvalue weighted by atomic mass is 79.9. The molecule has 0 N–H and O–H groups in total. The molecule has 3 aromatic carbocycles. The maximum absolute atomic E-state index is 10.8. The Morgan fingerprint density at radius 2 is 0.941 bits per heavy atom. The lowest BCUT2D eigenvalue weighted by Crippen LogP contribution is -3.00. The van der Waals surface area contributed by atoms with E-state index in [2.05, 4.69) is 91.0 Å². The monoisotopic (exact) mass is 540 g/mol. The Labute approximate surface area is 217 Å². The van der Waals surface area contributed by atoms with Crippen molar-refractivity contribution in [3.63, 3.8) is 0 Å². The van der Waals surface area contributed by atoms with Crippen molar-refractivity contribution in [1.82, 2.24) is 0 Å². The largest absolute Gasteiger partial charge is 1.00 e. The third kappa shape index (κ3) is 8.36. The van der Waals surface area contributed by atoms with Crippen LogP contribution in [0.3, 0.4) is 0 Å². The van der Waals surface area contributed by atoms with Crippen LogP contribution in [0.25, 0.3) is 0 Å². The summed E-state index contributed by atoms with van der Waals surface area (Å²) in [7, 11) is -1.68. The first-order valence-electron chi connectivity index (χ1n) is 12.4. The van der Waals surface area contributed by atoms with E-state index < -0.39 is 7.26 Å². The van der Waals surface area contributed by atoms with Gasteiger partial charge in [0, 0.05) is 6.92 Å². The van der Waals surface area contributed by atoms with Gasteiger partial charge in [-0.25, -0.2) is 0 Å². The SMILES string of the molecule is CC(=O)OCCCCCCCCCC[P+](c1ccccc1)(c1ccccc1)c1ccccc1.[Br-]. The van der Waals surface area contributed by atoms with Crippen LogP contribution in [0, 0.1) is 0 Å². The Morgan fingerprint density at radius 3 is 1.32 bits per heavy atom. The smallest absolute Gasteiger partial charge is 0.302 e. The highest BCUT2D eigenvalue weighted by Gasteiger charge is 2.44. The van der Waals surface area contributed by atoms with E-state index in [0.29, 0.717) is 6.61 Å². The van der Waals surface area contributed by atoms with Gasteiger partial charge in [0.05, 0.1) is 12.8 Å². The molecule has 0 aliphatic carbocycles. The summed E-state index contributed by atoms with van der Waals surface area (Å²) in [5.41, 5.74) is 0. The van der Waals surface area contributed by atoms with Crippen molar-refractivity contribution in [2.45, 2.75) is 58.3 Å². The van der Waals surface area contributed by atoms with Crippen molar-refractivity contribution in [1.29, 1.82) is 0 Å². The lowest BCUT2D eigenvalue weighted by atomic mass is 10.1. The molecule has 4 heteroatoms. The number of halogens is 1. The molecule has 182 valence electrons. The predicted octanol–water partition coefficient (Wildman–Crippen LogP) is 3.67. The lowest BCUT2D eigenvalue weighted by Gasteiger charge is -2.27. The van der Waals surface area contributed by atoms with Crippen LogP contribution in [0.1, 0.15) is 58.3 Å². The average Bonchev–Trinajstić information content (AvgIpc) is 2.86. The summed E-state index contributed by atoms with van der Waals surface area (Å²) in [5.74, 6) is -0.171. The molecule has 0 aromatic heterocycles. The highest BCUT2D eigenvalue weighted by Crippen LogP contribution is 2.55. The van der Waals surface area contributed by atoms with Gasteiger partial charge in [-0.1, -0.05) is 86.7 Å². The standard InChI is InChI=1S/C30H38O2P.BrH/c1-27(31)32-25-17-6-4-2-3-5-7-18-26-33(28-19-11-8-12-20-28,29-21-13-9-14-22-29)30-23-15-10-16-24-30;/h8-16,19-24H,2-7,17-18,25-26H2,1H3;1H/q+1;/p-1. The summed E-state index contributed by atoms with van der Waals surface area (Å²) in [6.45, 7) is 2.05. The van der Waals surface area contributed by atoms with Gasteiger partial charge in [0.1, 0.15) is 23.2 Å². The zero-order chi connectivity index (χ0) is 23.2. The van der Waals surface area contributed by atoms with E-state index in [-0.39, 0.29) is 23.0 Å². The van der Waals surface area contributed by atoms with Crippen molar-refractivity contribution >= 4 is 29.1 Å². The Bertz CT molecular complexity index is 835. The van der Waals surface area contributed by atoms with E-state index in [1.165, 1.54) is 67.5 Å². The quantitative estimate of drug-likeness (QED) is 0.177. The molecule has 0 spiro atoms. The number of hydrogen-bond acceptors (Lipinski definition) is 2. The van der Waals surface area contributed by atoms with E-state index in [0.717, 1.165) is 12.8 Å². The third-order valence-electron chi connectivity index (χ3n) is 6.28. The zero-order valence-corrected chi connectivity index (χ0v) is 22.9. The number of esters is 1. The molecule has 0 bridgehead atoms. The van der Waals surface area contributed by atoms with Gasteiger partial charge in [0.15, 0.2) is 0 Å². The summed E-state index contributed by atoms with van der Waals surface area (Å²) >= 11 is 0. The fourth-order valence-electron chi connectivity index (χ4n) is 4.61. The fourth-order valence-corrected chi connectivity index (χ4v) is 9.02. The van der Waals surface area contributed by atoms with Crippen molar-refractivity contribution in [2.75, 3.05) is 12.8 Å². The predicted molar refractivity (Wildman–Crippen MR) is 144 cm³/mol. The van der Waals surface area contributed by atoms with Crippen LogP contribution < -0.4 is 32.9 Å². The molecule has 0 unspecified atom stereocenters.